The van der Waals surface area contributed by atoms with Gasteiger partial charge in [0.1, 0.15) is 5.78 Å². The molecule has 1 aliphatic carbocycles. The van der Waals surface area contributed by atoms with Crippen molar-refractivity contribution >= 4 is 34.6 Å². The highest BCUT2D eigenvalue weighted by atomic mass is 35.5. The van der Waals surface area contributed by atoms with E-state index < -0.39 is 0 Å². The molecule has 4 heterocycles. The lowest BCUT2D eigenvalue weighted by Crippen LogP contribution is -2.17. The molecule has 0 atom stereocenters. The molecule has 0 radical (unpaired) electrons. The molecule has 1 aliphatic rings. The number of carbonyl (C=O) groups is 1. The molecule has 10 heteroatoms. The van der Waals surface area contributed by atoms with E-state index in [1.54, 1.807) is 41.4 Å². The average molecular weight is 442 g/mol. The molecule has 0 bridgehead atoms. The maximum absolute atomic E-state index is 12.9. The Hall–Kier alpha value is -2.84. The Balaban J connectivity index is 1.40. The van der Waals surface area contributed by atoms with E-state index in [4.69, 9.17) is 23.2 Å². The van der Waals surface area contributed by atoms with Crippen LogP contribution in [0.25, 0.3) is 11.5 Å². The third kappa shape index (κ3) is 3.46. The number of carbonyl (C=O) groups excluding carboxylic acids is 1. The molecule has 4 aromatic heterocycles. The maximum Gasteiger partial charge on any atom is 0.193 e. The fourth-order valence-corrected chi connectivity index (χ4v) is 4.12. The Labute approximate surface area is 181 Å². The van der Waals surface area contributed by atoms with E-state index in [-0.39, 0.29) is 24.0 Å². The summed E-state index contributed by atoms with van der Waals surface area (Å²) in [4.78, 5) is 22.9. The third-order valence-corrected chi connectivity index (χ3v) is 5.84. The maximum atomic E-state index is 12.9. The summed E-state index contributed by atoms with van der Waals surface area (Å²) in [7, 11) is 0. The molecule has 0 saturated heterocycles. The van der Waals surface area contributed by atoms with Crippen LogP contribution in [0, 0.1) is 0 Å². The van der Waals surface area contributed by atoms with Crippen molar-refractivity contribution in [2.24, 2.45) is 0 Å². The summed E-state index contributed by atoms with van der Waals surface area (Å²) in [6.45, 7) is 2.18. The monoisotopic (exact) mass is 441 g/mol. The zero-order valence-electron chi connectivity index (χ0n) is 16.1. The van der Waals surface area contributed by atoms with Crippen LogP contribution in [-0.4, -0.2) is 40.4 Å². The minimum Gasteiger partial charge on any atom is -0.299 e. The highest BCUT2D eigenvalue weighted by Gasteiger charge is 2.43. The summed E-state index contributed by atoms with van der Waals surface area (Å²) in [5.74, 6) is 0.467. The zero-order valence-corrected chi connectivity index (χ0v) is 17.6. The Bertz CT molecular complexity index is 1260. The van der Waals surface area contributed by atoms with Crippen LogP contribution < -0.4 is 0 Å². The average Bonchev–Trinajstić information content (AvgIpc) is 3.08. The first kappa shape index (κ1) is 19.1. The van der Waals surface area contributed by atoms with E-state index in [1.165, 1.54) is 4.80 Å². The Kier molecular flexibility index (Phi) is 4.56. The van der Waals surface area contributed by atoms with Gasteiger partial charge in [-0.2, -0.15) is 15.3 Å². The summed E-state index contributed by atoms with van der Waals surface area (Å²) in [6.07, 6.45) is 9.05. The van der Waals surface area contributed by atoms with Gasteiger partial charge in [-0.3, -0.25) is 4.79 Å². The van der Waals surface area contributed by atoms with Crippen LogP contribution in [-0.2, 0) is 23.1 Å². The van der Waals surface area contributed by atoms with Gasteiger partial charge in [0.2, 0.25) is 0 Å². The normalized spacial score (nSPS) is 14.9. The van der Waals surface area contributed by atoms with Crippen LogP contribution in [0.1, 0.15) is 36.6 Å². The SMILES string of the molecule is CC1(c2c(CC(=O)Cc3cnc(-n4nccn4)c(Cl)c3)cnc3cc(Cl)nn23)CC1. The van der Waals surface area contributed by atoms with Crippen LogP contribution in [0.2, 0.25) is 10.2 Å². The molecule has 0 amide bonds. The minimum atomic E-state index is -0.00454. The molecule has 0 spiro atoms. The van der Waals surface area contributed by atoms with Gasteiger partial charge in [-0.05, 0) is 24.5 Å². The van der Waals surface area contributed by atoms with Gasteiger partial charge >= 0.3 is 0 Å². The summed E-state index contributed by atoms with van der Waals surface area (Å²) >= 11 is 12.4. The van der Waals surface area contributed by atoms with Crippen molar-refractivity contribution in [1.29, 1.82) is 0 Å². The lowest BCUT2D eigenvalue weighted by Gasteiger charge is -2.16. The zero-order chi connectivity index (χ0) is 20.9. The number of Topliss-reactive ketones (excluding diaryl/α,β-unsaturated/α-hetero) is 1. The van der Waals surface area contributed by atoms with Crippen LogP contribution in [0.3, 0.4) is 0 Å². The molecule has 0 aromatic carbocycles. The van der Waals surface area contributed by atoms with Gasteiger partial charge in [-0.25, -0.2) is 14.5 Å². The summed E-state index contributed by atoms with van der Waals surface area (Å²) < 4.78 is 1.78. The smallest absolute Gasteiger partial charge is 0.193 e. The first-order chi connectivity index (χ1) is 14.4. The number of fused-ring (bicyclic) bond motifs is 1. The second-order valence-corrected chi connectivity index (χ2v) is 8.58. The van der Waals surface area contributed by atoms with Crippen molar-refractivity contribution in [3.05, 3.63) is 63.9 Å². The van der Waals surface area contributed by atoms with E-state index in [1.807, 2.05) is 0 Å². The number of ketones is 1. The van der Waals surface area contributed by atoms with E-state index in [2.05, 4.69) is 32.2 Å². The molecule has 0 unspecified atom stereocenters. The topological polar surface area (TPSA) is 90.9 Å². The van der Waals surface area contributed by atoms with Crippen LogP contribution >= 0.6 is 23.2 Å². The second kappa shape index (κ2) is 7.14. The van der Waals surface area contributed by atoms with E-state index in [9.17, 15) is 4.79 Å². The lowest BCUT2D eigenvalue weighted by atomic mass is 9.96. The largest absolute Gasteiger partial charge is 0.299 e. The van der Waals surface area contributed by atoms with Gasteiger partial charge in [0, 0.05) is 42.3 Å². The van der Waals surface area contributed by atoms with Gasteiger partial charge in [0.25, 0.3) is 0 Å². The van der Waals surface area contributed by atoms with Crippen molar-refractivity contribution in [2.45, 2.75) is 38.0 Å². The van der Waals surface area contributed by atoms with Crippen molar-refractivity contribution in [3.63, 3.8) is 0 Å². The molecule has 30 heavy (non-hydrogen) atoms. The summed E-state index contributed by atoms with van der Waals surface area (Å²) in [5, 5.41) is 13.2. The van der Waals surface area contributed by atoms with Crippen LogP contribution in [0.15, 0.2) is 36.9 Å². The van der Waals surface area contributed by atoms with Gasteiger partial charge in [-0.1, -0.05) is 30.1 Å². The highest BCUT2D eigenvalue weighted by molar-refractivity contribution is 6.32. The molecular weight excluding hydrogens is 425 g/mol. The number of aromatic nitrogens is 7. The first-order valence-corrected chi connectivity index (χ1v) is 10.2. The van der Waals surface area contributed by atoms with Crippen molar-refractivity contribution < 1.29 is 4.79 Å². The molecule has 1 saturated carbocycles. The Morgan fingerprint density at radius 1 is 1.10 bits per heavy atom. The van der Waals surface area contributed by atoms with Gasteiger partial charge < -0.3 is 0 Å². The van der Waals surface area contributed by atoms with E-state index in [0.29, 0.717) is 21.6 Å². The molecular formula is C20H17Cl2N7O. The first-order valence-electron chi connectivity index (χ1n) is 9.49. The molecule has 0 aliphatic heterocycles. The molecule has 5 rings (SSSR count). The number of hydrogen-bond donors (Lipinski definition) is 0. The molecule has 0 N–H and O–H groups in total. The number of hydrogen-bond acceptors (Lipinski definition) is 6. The fraction of sp³-hybridized carbons (Fsp3) is 0.300. The molecule has 8 nitrogen and oxygen atoms in total. The third-order valence-electron chi connectivity index (χ3n) is 5.38. The lowest BCUT2D eigenvalue weighted by molar-refractivity contribution is -0.117. The number of rotatable bonds is 6. The number of pyridine rings is 1. The predicted octanol–water partition coefficient (Wildman–Crippen LogP) is 3.42. The van der Waals surface area contributed by atoms with Gasteiger partial charge in [0.05, 0.1) is 23.1 Å². The molecule has 1 fully saturated rings. The van der Waals surface area contributed by atoms with Gasteiger partial charge in [-0.15, -0.1) is 4.80 Å². The standard InChI is InChI=1S/C20H17Cl2N7O/c1-20(2-3-20)18-13(11-23-17-9-16(22)27-28(17)18)8-14(30)6-12-7-15(21)19(24-10-12)29-25-4-5-26-29/h4-5,7,9-11H,2-3,6,8H2,1H3. The Morgan fingerprint density at radius 2 is 1.87 bits per heavy atom. The number of halogens is 2. The molecule has 152 valence electrons. The van der Waals surface area contributed by atoms with Crippen LogP contribution in [0.4, 0.5) is 0 Å². The van der Waals surface area contributed by atoms with Crippen molar-refractivity contribution in [1.82, 2.24) is 34.6 Å². The fourth-order valence-electron chi connectivity index (χ4n) is 3.68. The van der Waals surface area contributed by atoms with E-state index in [0.717, 1.165) is 29.7 Å². The van der Waals surface area contributed by atoms with E-state index >= 15 is 0 Å². The predicted molar refractivity (Wildman–Crippen MR) is 111 cm³/mol. The highest BCUT2D eigenvalue weighted by Crippen LogP contribution is 2.48. The van der Waals surface area contributed by atoms with Crippen molar-refractivity contribution in [2.75, 3.05) is 0 Å². The van der Waals surface area contributed by atoms with Gasteiger partial charge in [0.15, 0.2) is 16.6 Å². The minimum absolute atomic E-state index is 0.00454. The van der Waals surface area contributed by atoms with Crippen molar-refractivity contribution in [3.8, 4) is 5.82 Å². The number of nitrogens with zero attached hydrogens (tertiary/aromatic N) is 7. The second-order valence-electron chi connectivity index (χ2n) is 7.79. The summed E-state index contributed by atoms with van der Waals surface area (Å²) in [6, 6.07) is 3.45. The molecule has 4 aromatic rings. The van der Waals surface area contributed by atoms with Crippen LogP contribution in [0.5, 0.6) is 0 Å². The summed E-state index contributed by atoms with van der Waals surface area (Å²) in [5.41, 5.74) is 3.32. The Morgan fingerprint density at radius 3 is 2.57 bits per heavy atom. The quantitative estimate of drug-likeness (QED) is 0.455.